The van der Waals surface area contributed by atoms with Crippen LogP contribution in [0.3, 0.4) is 0 Å². The molecule has 2 nitrogen and oxygen atoms in total. The molecular formula is C60H52N2. The minimum Gasteiger partial charge on any atom is -0.309 e. The van der Waals surface area contributed by atoms with Crippen molar-refractivity contribution >= 4 is 66.4 Å². The van der Waals surface area contributed by atoms with E-state index in [2.05, 4.69) is 235 Å². The van der Waals surface area contributed by atoms with Crippen molar-refractivity contribution in [2.45, 2.75) is 55.4 Å². The molecule has 10 aromatic carbocycles. The maximum atomic E-state index is 2.54. The average molecular weight is 801 g/mol. The van der Waals surface area contributed by atoms with Crippen LogP contribution in [-0.2, 0) is 0 Å². The van der Waals surface area contributed by atoms with Gasteiger partial charge in [0.05, 0.1) is 22.7 Å². The molecule has 0 aliphatic rings. The summed E-state index contributed by atoms with van der Waals surface area (Å²) in [6, 6.07) is 63.4. The molecule has 0 heterocycles. The summed E-state index contributed by atoms with van der Waals surface area (Å²) in [6.45, 7) is 17.9. The van der Waals surface area contributed by atoms with Crippen LogP contribution < -0.4 is 9.80 Å². The monoisotopic (exact) mass is 800 g/mol. The number of nitrogens with zero attached hydrogens (tertiary/aromatic N) is 2. The normalized spacial score (nSPS) is 11.5. The SMILES string of the molecule is Cc1ccccc1-c1ccc(C)c(N(c2c(C)cccc2C)c2ccc3ccc4c(N(c5cc(-c6ccccc6C)ccc5C)c5c(C)cccc5C)ccc5ccc2c3c54)c1. The topological polar surface area (TPSA) is 6.48 Å². The molecule has 0 spiro atoms. The summed E-state index contributed by atoms with van der Waals surface area (Å²) in [5.41, 5.74) is 22.1. The third kappa shape index (κ3) is 6.41. The lowest BCUT2D eigenvalue weighted by Gasteiger charge is -2.33. The second-order valence-corrected chi connectivity index (χ2v) is 17.4. The fraction of sp³-hybridized carbons (Fsp3) is 0.133. The van der Waals surface area contributed by atoms with Crippen LogP contribution in [0.4, 0.5) is 34.1 Å². The molecule has 0 aliphatic carbocycles. The maximum Gasteiger partial charge on any atom is 0.0541 e. The molecule has 0 saturated carbocycles. The lowest BCUT2D eigenvalue weighted by Crippen LogP contribution is -2.15. The number of rotatable bonds is 8. The first-order valence-corrected chi connectivity index (χ1v) is 21.9. The summed E-state index contributed by atoms with van der Waals surface area (Å²) in [5, 5.41) is 7.52. The summed E-state index contributed by atoms with van der Waals surface area (Å²) in [6.07, 6.45) is 0. The number of hydrogen-bond acceptors (Lipinski definition) is 2. The molecule has 62 heavy (non-hydrogen) atoms. The second-order valence-electron chi connectivity index (χ2n) is 17.4. The van der Waals surface area contributed by atoms with Gasteiger partial charge in [0.15, 0.2) is 0 Å². The second kappa shape index (κ2) is 15.4. The number of para-hydroxylation sites is 2. The molecule has 0 aliphatic heterocycles. The fourth-order valence-corrected chi connectivity index (χ4v) is 10.0. The van der Waals surface area contributed by atoms with Gasteiger partial charge in [0.1, 0.15) is 0 Å². The highest BCUT2D eigenvalue weighted by Crippen LogP contribution is 2.50. The van der Waals surface area contributed by atoms with Gasteiger partial charge in [-0.2, -0.15) is 0 Å². The molecule has 10 aromatic rings. The Bertz CT molecular complexity index is 3090. The third-order valence-electron chi connectivity index (χ3n) is 13.2. The summed E-state index contributed by atoms with van der Waals surface area (Å²) in [5.74, 6) is 0. The Hall–Kier alpha value is -7.16. The average Bonchev–Trinajstić information content (AvgIpc) is 3.27. The van der Waals surface area contributed by atoms with E-state index < -0.39 is 0 Å². The molecule has 0 bridgehead atoms. The van der Waals surface area contributed by atoms with Crippen LogP contribution in [0.15, 0.2) is 170 Å². The summed E-state index contributed by atoms with van der Waals surface area (Å²) in [7, 11) is 0. The van der Waals surface area contributed by atoms with Crippen LogP contribution >= 0.6 is 0 Å². The molecule has 0 atom stereocenters. The van der Waals surface area contributed by atoms with Crippen LogP contribution in [0, 0.1) is 55.4 Å². The van der Waals surface area contributed by atoms with Gasteiger partial charge in [0.25, 0.3) is 0 Å². The zero-order valence-corrected chi connectivity index (χ0v) is 37.1. The highest BCUT2D eigenvalue weighted by Gasteiger charge is 2.26. The molecule has 0 aromatic heterocycles. The van der Waals surface area contributed by atoms with E-state index in [9.17, 15) is 0 Å². The van der Waals surface area contributed by atoms with Crippen molar-refractivity contribution in [2.75, 3.05) is 9.80 Å². The standard InChI is InChI=1S/C60H52N2/c1-37-15-9-11-21-49(37)47-25-23-39(3)55(35-47)61(59-41(5)17-13-18-42(59)6)53-33-29-45-28-32-52-54(34-30-46-27-31-51(53)57(45)58(46)52)62(60-43(7)19-14-20-44(60)8)56-36-48(26-24-40(56)4)50-22-12-10-16-38(50)2/h9-36H,1-8H3. The number of hydrogen-bond donors (Lipinski definition) is 0. The predicted molar refractivity (Wildman–Crippen MR) is 268 cm³/mol. The minimum atomic E-state index is 1.17. The van der Waals surface area contributed by atoms with Crippen LogP contribution in [0.25, 0.3) is 54.6 Å². The first-order valence-electron chi connectivity index (χ1n) is 21.9. The Morgan fingerprint density at radius 2 is 0.629 bits per heavy atom. The van der Waals surface area contributed by atoms with E-state index in [1.165, 1.54) is 133 Å². The van der Waals surface area contributed by atoms with Gasteiger partial charge in [-0.1, -0.05) is 146 Å². The summed E-state index contributed by atoms with van der Waals surface area (Å²) < 4.78 is 0. The summed E-state index contributed by atoms with van der Waals surface area (Å²) in [4.78, 5) is 5.08. The van der Waals surface area contributed by atoms with Gasteiger partial charge in [0.2, 0.25) is 0 Å². The van der Waals surface area contributed by atoms with Crippen molar-refractivity contribution in [2.24, 2.45) is 0 Å². The molecule has 302 valence electrons. The smallest absolute Gasteiger partial charge is 0.0541 e. The van der Waals surface area contributed by atoms with Crippen molar-refractivity contribution in [3.63, 3.8) is 0 Å². The Morgan fingerprint density at radius 3 is 1.02 bits per heavy atom. The zero-order chi connectivity index (χ0) is 42.8. The van der Waals surface area contributed by atoms with Crippen molar-refractivity contribution in [3.05, 3.63) is 214 Å². The lowest BCUT2D eigenvalue weighted by atomic mass is 9.90. The quantitative estimate of drug-likeness (QED) is 0.141. The molecule has 0 radical (unpaired) electrons. The van der Waals surface area contributed by atoms with E-state index in [1.807, 2.05) is 0 Å². The number of benzene rings is 10. The van der Waals surface area contributed by atoms with Gasteiger partial charge in [-0.05, 0) is 168 Å². The van der Waals surface area contributed by atoms with E-state index >= 15 is 0 Å². The molecule has 2 heteroatoms. The van der Waals surface area contributed by atoms with Crippen LogP contribution in [0.5, 0.6) is 0 Å². The van der Waals surface area contributed by atoms with E-state index in [0.29, 0.717) is 0 Å². The molecular weight excluding hydrogens is 749 g/mol. The summed E-state index contributed by atoms with van der Waals surface area (Å²) >= 11 is 0. The Labute approximate surface area is 366 Å². The van der Waals surface area contributed by atoms with Crippen LogP contribution in [0.2, 0.25) is 0 Å². The molecule has 0 saturated heterocycles. The van der Waals surface area contributed by atoms with Crippen LogP contribution in [-0.4, -0.2) is 0 Å². The van der Waals surface area contributed by atoms with Crippen molar-refractivity contribution in [1.82, 2.24) is 0 Å². The molecule has 0 fully saturated rings. The largest absolute Gasteiger partial charge is 0.309 e. The molecule has 0 amide bonds. The van der Waals surface area contributed by atoms with Gasteiger partial charge in [-0.3, -0.25) is 0 Å². The maximum absolute atomic E-state index is 2.54. The van der Waals surface area contributed by atoms with Gasteiger partial charge >= 0.3 is 0 Å². The van der Waals surface area contributed by atoms with Gasteiger partial charge in [0, 0.05) is 22.1 Å². The highest BCUT2D eigenvalue weighted by atomic mass is 15.2. The number of aryl methyl sites for hydroxylation is 8. The Kier molecular flexibility index (Phi) is 9.68. The zero-order valence-electron chi connectivity index (χ0n) is 37.1. The van der Waals surface area contributed by atoms with Gasteiger partial charge in [-0.25, -0.2) is 0 Å². The van der Waals surface area contributed by atoms with Crippen molar-refractivity contribution < 1.29 is 0 Å². The van der Waals surface area contributed by atoms with Crippen molar-refractivity contribution in [3.8, 4) is 22.3 Å². The Balaban J connectivity index is 1.25. The van der Waals surface area contributed by atoms with Crippen molar-refractivity contribution in [1.29, 1.82) is 0 Å². The fourth-order valence-electron chi connectivity index (χ4n) is 10.0. The highest BCUT2D eigenvalue weighted by molar-refractivity contribution is 6.28. The molecule has 0 unspecified atom stereocenters. The van der Waals surface area contributed by atoms with E-state index in [-0.39, 0.29) is 0 Å². The number of anilines is 6. The minimum absolute atomic E-state index is 1.17. The molecule has 10 rings (SSSR count). The third-order valence-corrected chi connectivity index (χ3v) is 13.2. The Morgan fingerprint density at radius 1 is 0.274 bits per heavy atom. The van der Waals surface area contributed by atoms with Gasteiger partial charge < -0.3 is 9.80 Å². The lowest BCUT2D eigenvalue weighted by molar-refractivity contribution is 1.21. The molecule has 0 N–H and O–H groups in total. The predicted octanol–water partition coefficient (Wildman–Crippen LogP) is 17.3. The van der Waals surface area contributed by atoms with E-state index in [1.54, 1.807) is 0 Å². The van der Waals surface area contributed by atoms with Gasteiger partial charge in [-0.15, -0.1) is 0 Å². The van der Waals surface area contributed by atoms with E-state index in [4.69, 9.17) is 0 Å². The van der Waals surface area contributed by atoms with Crippen LogP contribution in [0.1, 0.15) is 44.5 Å². The first kappa shape index (κ1) is 39.0. The van der Waals surface area contributed by atoms with E-state index in [0.717, 1.165) is 0 Å². The first-order chi connectivity index (χ1) is 30.1.